The van der Waals surface area contributed by atoms with E-state index in [1.165, 1.54) is 14.7 Å². The summed E-state index contributed by atoms with van der Waals surface area (Å²) in [6.07, 6.45) is 1.86. The number of benzene rings is 1. The van der Waals surface area contributed by atoms with Crippen LogP contribution in [-0.4, -0.2) is 69.5 Å². The van der Waals surface area contributed by atoms with E-state index in [9.17, 15) is 9.59 Å². The van der Waals surface area contributed by atoms with Gasteiger partial charge in [-0.1, -0.05) is 30.3 Å². The average molecular weight is 439 g/mol. The van der Waals surface area contributed by atoms with Gasteiger partial charge in [0.2, 0.25) is 5.95 Å². The Morgan fingerprint density at radius 3 is 2.53 bits per heavy atom. The summed E-state index contributed by atoms with van der Waals surface area (Å²) < 4.78 is 10.3. The summed E-state index contributed by atoms with van der Waals surface area (Å²) in [6, 6.07) is 10.4. The minimum atomic E-state index is -0.304. The molecular formula is C23H30N6O3. The van der Waals surface area contributed by atoms with Gasteiger partial charge in [-0.25, -0.2) is 4.79 Å². The zero-order valence-electron chi connectivity index (χ0n) is 18.6. The molecule has 0 atom stereocenters. The predicted molar refractivity (Wildman–Crippen MR) is 123 cm³/mol. The van der Waals surface area contributed by atoms with Crippen LogP contribution in [0.4, 0.5) is 5.95 Å². The van der Waals surface area contributed by atoms with Gasteiger partial charge in [0.1, 0.15) is 0 Å². The molecule has 0 bridgehead atoms. The minimum Gasteiger partial charge on any atom is -0.379 e. The maximum Gasteiger partial charge on any atom is 0.332 e. The predicted octanol–water partition coefficient (Wildman–Crippen LogP) is 0.682. The lowest BCUT2D eigenvalue weighted by Crippen LogP contribution is -2.44. The summed E-state index contributed by atoms with van der Waals surface area (Å²) in [5.74, 6) is 0.792. The Kier molecular flexibility index (Phi) is 5.84. The number of ether oxygens (including phenoxy) is 1. The first-order valence-electron chi connectivity index (χ1n) is 11.4. The number of nitrogens with zero attached hydrogens (tertiary/aromatic N) is 6. The number of aryl methyl sites for hydroxylation is 2. The van der Waals surface area contributed by atoms with Crippen LogP contribution in [0.1, 0.15) is 12.0 Å². The van der Waals surface area contributed by atoms with Gasteiger partial charge in [0.05, 0.1) is 13.2 Å². The Hall–Kier alpha value is -2.91. The molecule has 0 N–H and O–H groups in total. The van der Waals surface area contributed by atoms with E-state index in [0.717, 1.165) is 51.5 Å². The molecule has 0 saturated carbocycles. The lowest BCUT2D eigenvalue weighted by atomic mass is 10.1. The molecule has 9 nitrogen and oxygen atoms in total. The summed E-state index contributed by atoms with van der Waals surface area (Å²) in [5.41, 5.74) is 1.75. The fraction of sp³-hybridized carbons (Fsp3) is 0.522. The molecule has 2 aromatic heterocycles. The van der Waals surface area contributed by atoms with Crippen LogP contribution in [0, 0.1) is 0 Å². The normalized spacial score (nSPS) is 17.1. The molecule has 5 rings (SSSR count). The smallest absolute Gasteiger partial charge is 0.332 e. The van der Waals surface area contributed by atoms with Crippen molar-refractivity contribution in [3.05, 3.63) is 56.7 Å². The quantitative estimate of drug-likeness (QED) is 0.563. The topological polar surface area (TPSA) is 77.5 Å². The molecule has 170 valence electrons. The van der Waals surface area contributed by atoms with Crippen molar-refractivity contribution in [3.8, 4) is 0 Å². The highest BCUT2D eigenvalue weighted by molar-refractivity contribution is 5.74. The number of morpholine rings is 1. The van der Waals surface area contributed by atoms with E-state index in [4.69, 9.17) is 9.72 Å². The van der Waals surface area contributed by atoms with Gasteiger partial charge < -0.3 is 14.2 Å². The molecule has 0 amide bonds. The molecule has 4 heterocycles. The first kappa shape index (κ1) is 21.0. The van der Waals surface area contributed by atoms with E-state index in [1.54, 1.807) is 7.05 Å². The molecule has 1 fully saturated rings. The van der Waals surface area contributed by atoms with Crippen molar-refractivity contribution in [2.24, 2.45) is 7.05 Å². The van der Waals surface area contributed by atoms with E-state index in [0.29, 0.717) is 37.5 Å². The van der Waals surface area contributed by atoms with Crippen LogP contribution in [0.15, 0.2) is 39.9 Å². The van der Waals surface area contributed by atoms with Crippen LogP contribution in [0.25, 0.3) is 11.2 Å². The van der Waals surface area contributed by atoms with Gasteiger partial charge in [-0.2, -0.15) is 4.98 Å². The number of imidazole rings is 1. The molecule has 2 aliphatic rings. The summed E-state index contributed by atoms with van der Waals surface area (Å²) in [4.78, 5) is 35.7. The summed E-state index contributed by atoms with van der Waals surface area (Å²) in [5, 5.41) is 0. The fourth-order valence-corrected chi connectivity index (χ4v) is 4.72. The third-order valence-corrected chi connectivity index (χ3v) is 6.56. The molecular weight excluding hydrogens is 408 g/mol. The van der Waals surface area contributed by atoms with Crippen LogP contribution in [0.3, 0.4) is 0 Å². The summed E-state index contributed by atoms with van der Waals surface area (Å²) in [7, 11) is 1.71. The Morgan fingerprint density at radius 2 is 1.75 bits per heavy atom. The Bertz CT molecular complexity index is 1210. The number of fused-ring (bicyclic) bond motifs is 3. The van der Waals surface area contributed by atoms with Crippen LogP contribution in [0.5, 0.6) is 0 Å². The zero-order valence-corrected chi connectivity index (χ0v) is 18.6. The largest absolute Gasteiger partial charge is 0.379 e. The second-order valence-corrected chi connectivity index (χ2v) is 8.56. The lowest BCUT2D eigenvalue weighted by molar-refractivity contribution is 0.0361. The molecule has 0 aliphatic carbocycles. The lowest BCUT2D eigenvalue weighted by Gasteiger charge is -2.29. The van der Waals surface area contributed by atoms with Gasteiger partial charge in [0.15, 0.2) is 11.2 Å². The van der Waals surface area contributed by atoms with Crippen LogP contribution < -0.4 is 16.1 Å². The maximum absolute atomic E-state index is 13.4. The van der Waals surface area contributed by atoms with Crippen LogP contribution >= 0.6 is 0 Å². The molecule has 1 saturated heterocycles. The van der Waals surface area contributed by atoms with E-state index in [2.05, 4.69) is 34.1 Å². The molecule has 3 aromatic rings. The second-order valence-electron chi connectivity index (χ2n) is 8.56. The first-order valence-corrected chi connectivity index (χ1v) is 11.4. The van der Waals surface area contributed by atoms with Gasteiger partial charge in [-0.3, -0.25) is 18.8 Å². The monoisotopic (exact) mass is 438 g/mol. The van der Waals surface area contributed by atoms with Crippen LogP contribution in [0.2, 0.25) is 0 Å². The highest BCUT2D eigenvalue weighted by Crippen LogP contribution is 2.24. The molecule has 0 spiro atoms. The van der Waals surface area contributed by atoms with Crippen molar-refractivity contribution in [1.82, 2.24) is 23.6 Å². The highest BCUT2D eigenvalue weighted by Gasteiger charge is 2.26. The zero-order chi connectivity index (χ0) is 22.1. The molecule has 32 heavy (non-hydrogen) atoms. The summed E-state index contributed by atoms with van der Waals surface area (Å²) >= 11 is 0. The third kappa shape index (κ3) is 3.86. The second kappa shape index (κ2) is 8.91. The number of hydrogen-bond acceptors (Lipinski definition) is 6. The van der Waals surface area contributed by atoms with E-state index in [-0.39, 0.29) is 11.2 Å². The van der Waals surface area contributed by atoms with Crippen molar-refractivity contribution in [2.75, 3.05) is 50.8 Å². The highest BCUT2D eigenvalue weighted by atomic mass is 16.5. The number of rotatable bonds is 6. The van der Waals surface area contributed by atoms with Crippen molar-refractivity contribution in [1.29, 1.82) is 0 Å². The van der Waals surface area contributed by atoms with Gasteiger partial charge in [0.25, 0.3) is 5.56 Å². The average Bonchev–Trinajstić information content (AvgIpc) is 3.23. The Morgan fingerprint density at radius 1 is 0.969 bits per heavy atom. The van der Waals surface area contributed by atoms with Gasteiger partial charge >= 0.3 is 5.69 Å². The maximum atomic E-state index is 13.4. The number of anilines is 1. The molecule has 1 aromatic carbocycles. The molecule has 0 unspecified atom stereocenters. The molecule has 2 aliphatic heterocycles. The number of hydrogen-bond donors (Lipinski definition) is 0. The van der Waals surface area contributed by atoms with E-state index >= 15 is 0 Å². The van der Waals surface area contributed by atoms with Crippen molar-refractivity contribution in [3.63, 3.8) is 0 Å². The SMILES string of the molecule is Cn1c(=O)n(CCN2CCOCC2)c(=O)c2c1nc1n2CCCN1CCc1ccccc1. The van der Waals surface area contributed by atoms with Crippen LogP contribution in [-0.2, 0) is 31.3 Å². The minimum absolute atomic E-state index is 0.236. The van der Waals surface area contributed by atoms with Crippen molar-refractivity contribution in [2.45, 2.75) is 25.9 Å². The van der Waals surface area contributed by atoms with Crippen molar-refractivity contribution < 1.29 is 4.74 Å². The number of aromatic nitrogens is 4. The standard InChI is InChI=1S/C23H30N6O3/c1-25-20-19(21(30)29(23(25)31)13-12-26-14-16-32-17-15-26)28-10-5-9-27(22(28)24-20)11-8-18-6-3-2-4-7-18/h2-4,6-7H,5,8-17H2,1H3. The van der Waals surface area contributed by atoms with Crippen molar-refractivity contribution >= 4 is 17.1 Å². The Labute approximate surface area is 186 Å². The van der Waals surface area contributed by atoms with E-state index in [1.807, 2.05) is 10.6 Å². The van der Waals surface area contributed by atoms with Gasteiger partial charge in [0, 0.05) is 52.9 Å². The Balaban J connectivity index is 1.46. The van der Waals surface area contributed by atoms with E-state index < -0.39 is 0 Å². The third-order valence-electron chi connectivity index (χ3n) is 6.56. The summed E-state index contributed by atoms with van der Waals surface area (Å²) in [6.45, 7) is 6.55. The van der Waals surface area contributed by atoms with Gasteiger partial charge in [-0.15, -0.1) is 0 Å². The van der Waals surface area contributed by atoms with Gasteiger partial charge in [-0.05, 0) is 18.4 Å². The first-order chi connectivity index (χ1) is 15.6. The fourth-order valence-electron chi connectivity index (χ4n) is 4.72. The molecule has 0 radical (unpaired) electrons. The molecule has 9 heteroatoms.